The molecule has 2 aromatic rings. The number of aryl methyl sites for hydroxylation is 1. The second-order valence-electron chi connectivity index (χ2n) is 5.67. The van der Waals surface area contributed by atoms with Crippen molar-refractivity contribution in [1.29, 1.82) is 0 Å². The van der Waals surface area contributed by atoms with Gasteiger partial charge in [-0.05, 0) is 42.5 Å². The van der Waals surface area contributed by atoms with Gasteiger partial charge in [0, 0.05) is 12.0 Å². The van der Waals surface area contributed by atoms with Gasteiger partial charge in [0.25, 0.3) is 0 Å². The summed E-state index contributed by atoms with van der Waals surface area (Å²) in [6.45, 7) is 2.00. The Bertz CT molecular complexity index is 755. The van der Waals surface area contributed by atoms with Crippen molar-refractivity contribution in [2.75, 3.05) is 7.11 Å². The average Bonchev–Trinajstić information content (AvgIpc) is 2.94. The van der Waals surface area contributed by atoms with Gasteiger partial charge in [-0.25, -0.2) is 0 Å². The summed E-state index contributed by atoms with van der Waals surface area (Å²) >= 11 is 0. The molecule has 6 nitrogen and oxygen atoms in total. The van der Waals surface area contributed by atoms with Crippen LogP contribution in [-0.2, 0) is 6.42 Å². The molecule has 1 aromatic carbocycles. The maximum absolute atomic E-state index is 5.70. The summed E-state index contributed by atoms with van der Waals surface area (Å²) in [6.07, 6.45) is 3.35. The van der Waals surface area contributed by atoms with Crippen molar-refractivity contribution in [2.24, 2.45) is 21.7 Å². The largest absolute Gasteiger partial charge is 0.497 e. The van der Waals surface area contributed by atoms with E-state index in [0.29, 0.717) is 0 Å². The fraction of sp³-hybridized carbons (Fsp3) is 0.294. The van der Waals surface area contributed by atoms with Crippen LogP contribution in [0.15, 0.2) is 45.1 Å². The first-order valence-electron chi connectivity index (χ1n) is 7.45. The first kappa shape index (κ1) is 15.1. The molecule has 23 heavy (non-hydrogen) atoms. The lowest BCUT2D eigenvalue weighted by atomic mass is 9.81. The van der Waals surface area contributed by atoms with Crippen LogP contribution in [0.5, 0.6) is 5.75 Å². The van der Waals surface area contributed by atoms with Crippen LogP contribution in [0.25, 0.3) is 0 Å². The van der Waals surface area contributed by atoms with Crippen LogP contribution >= 0.6 is 0 Å². The minimum atomic E-state index is -0.0493. The zero-order valence-corrected chi connectivity index (χ0v) is 13.2. The molecule has 0 spiro atoms. The van der Waals surface area contributed by atoms with E-state index in [-0.39, 0.29) is 11.9 Å². The molecule has 3 rings (SSSR count). The van der Waals surface area contributed by atoms with Crippen molar-refractivity contribution in [3.63, 3.8) is 0 Å². The monoisotopic (exact) mass is 312 g/mol. The SMILES string of the molecule is COc1ccc(C2CC(=NN=C(N)N)c3c(C)coc3C2)cc1. The lowest BCUT2D eigenvalue weighted by Gasteiger charge is -2.23. The number of hydrogen-bond acceptors (Lipinski definition) is 4. The molecule has 1 heterocycles. The molecule has 4 N–H and O–H groups in total. The standard InChI is InChI=1S/C17H20N4O2/c1-10-9-23-15-8-12(11-3-5-13(22-2)6-4-11)7-14(16(10)15)20-21-17(18)19/h3-6,9,12H,7-8H2,1-2H3,(H4,18,19,21). The molecular formula is C17H20N4O2. The van der Waals surface area contributed by atoms with Gasteiger partial charge in [0.1, 0.15) is 11.5 Å². The fourth-order valence-electron chi connectivity index (χ4n) is 2.99. The molecule has 1 aliphatic carbocycles. The lowest BCUT2D eigenvalue weighted by molar-refractivity contribution is 0.414. The summed E-state index contributed by atoms with van der Waals surface area (Å²) in [5.74, 6) is 1.99. The highest BCUT2D eigenvalue weighted by atomic mass is 16.5. The smallest absolute Gasteiger partial charge is 0.211 e. The first-order valence-corrected chi connectivity index (χ1v) is 7.45. The molecule has 120 valence electrons. The Morgan fingerprint density at radius 3 is 2.61 bits per heavy atom. The van der Waals surface area contributed by atoms with E-state index in [2.05, 4.69) is 22.3 Å². The first-order chi connectivity index (χ1) is 11.1. The molecule has 0 aliphatic heterocycles. The van der Waals surface area contributed by atoms with Crippen molar-refractivity contribution < 1.29 is 9.15 Å². The maximum Gasteiger partial charge on any atom is 0.211 e. The van der Waals surface area contributed by atoms with E-state index in [9.17, 15) is 0 Å². The van der Waals surface area contributed by atoms with Gasteiger partial charge >= 0.3 is 0 Å². The van der Waals surface area contributed by atoms with Gasteiger partial charge in [0.15, 0.2) is 0 Å². The zero-order chi connectivity index (χ0) is 16.4. The van der Waals surface area contributed by atoms with Crippen LogP contribution in [-0.4, -0.2) is 18.8 Å². The molecule has 1 unspecified atom stereocenters. The van der Waals surface area contributed by atoms with Crippen LogP contribution in [0.3, 0.4) is 0 Å². The van der Waals surface area contributed by atoms with Crippen molar-refractivity contribution in [2.45, 2.75) is 25.7 Å². The van der Waals surface area contributed by atoms with E-state index in [1.54, 1.807) is 13.4 Å². The van der Waals surface area contributed by atoms with Gasteiger partial charge < -0.3 is 20.6 Å². The van der Waals surface area contributed by atoms with Gasteiger partial charge in [-0.2, -0.15) is 5.10 Å². The van der Waals surface area contributed by atoms with E-state index in [1.807, 2.05) is 19.1 Å². The molecule has 6 heteroatoms. The summed E-state index contributed by atoms with van der Waals surface area (Å²) in [6, 6.07) is 8.07. The van der Waals surface area contributed by atoms with Crippen LogP contribution in [0.2, 0.25) is 0 Å². The van der Waals surface area contributed by atoms with Crippen molar-refractivity contribution >= 4 is 11.7 Å². The van der Waals surface area contributed by atoms with Gasteiger partial charge in [-0.1, -0.05) is 12.1 Å². The average molecular weight is 312 g/mol. The van der Waals surface area contributed by atoms with Gasteiger partial charge in [0.2, 0.25) is 5.96 Å². The Morgan fingerprint density at radius 1 is 1.22 bits per heavy atom. The van der Waals surface area contributed by atoms with E-state index in [4.69, 9.17) is 20.6 Å². The molecule has 1 atom stereocenters. The Kier molecular flexibility index (Phi) is 4.06. The van der Waals surface area contributed by atoms with Gasteiger partial charge in [0.05, 0.1) is 19.1 Å². The van der Waals surface area contributed by atoms with Gasteiger partial charge in [-0.15, -0.1) is 5.10 Å². The van der Waals surface area contributed by atoms with E-state index >= 15 is 0 Å². The Balaban J connectivity index is 1.96. The van der Waals surface area contributed by atoms with Crippen LogP contribution in [0.1, 0.15) is 34.8 Å². The molecule has 1 aromatic heterocycles. The van der Waals surface area contributed by atoms with E-state index in [0.717, 1.165) is 41.2 Å². The number of hydrogen-bond donors (Lipinski definition) is 2. The Labute approximate surface area is 134 Å². The molecule has 0 bridgehead atoms. The number of fused-ring (bicyclic) bond motifs is 1. The van der Waals surface area contributed by atoms with Crippen LogP contribution in [0, 0.1) is 6.92 Å². The number of benzene rings is 1. The van der Waals surface area contributed by atoms with Crippen molar-refractivity contribution in [1.82, 2.24) is 0 Å². The minimum absolute atomic E-state index is 0.0493. The highest BCUT2D eigenvalue weighted by Gasteiger charge is 2.29. The number of guanidine groups is 1. The number of methoxy groups -OCH3 is 1. The fourth-order valence-corrected chi connectivity index (χ4v) is 2.99. The number of rotatable bonds is 3. The number of nitrogens with two attached hydrogens (primary N) is 2. The minimum Gasteiger partial charge on any atom is -0.497 e. The molecule has 0 saturated heterocycles. The second-order valence-corrected chi connectivity index (χ2v) is 5.67. The normalized spacial score (nSPS) is 18.5. The predicted molar refractivity (Wildman–Crippen MR) is 89.8 cm³/mol. The van der Waals surface area contributed by atoms with Crippen molar-refractivity contribution in [3.8, 4) is 5.75 Å². The van der Waals surface area contributed by atoms with Crippen molar-refractivity contribution in [3.05, 3.63) is 53.0 Å². The lowest BCUT2D eigenvalue weighted by Crippen LogP contribution is -2.23. The Morgan fingerprint density at radius 2 is 1.96 bits per heavy atom. The van der Waals surface area contributed by atoms with Crippen LogP contribution in [0.4, 0.5) is 0 Å². The molecule has 0 radical (unpaired) electrons. The summed E-state index contributed by atoms with van der Waals surface area (Å²) in [4.78, 5) is 0. The molecule has 1 aliphatic rings. The third-order valence-corrected chi connectivity index (χ3v) is 4.08. The third-order valence-electron chi connectivity index (χ3n) is 4.08. The predicted octanol–water partition coefficient (Wildman–Crippen LogP) is 2.30. The van der Waals surface area contributed by atoms with E-state index in [1.165, 1.54) is 5.56 Å². The molecule has 0 fully saturated rings. The molecular weight excluding hydrogens is 292 g/mol. The topological polar surface area (TPSA) is 99.1 Å². The quantitative estimate of drug-likeness (QED) is 0.516. The summed E-state index contributed by atoms with van der Waals surface area (Å²) in [5, 5.41) is 8.06. The van der Waals surface area contributed by atoms with Crippen LogP contribution < -0.4 is 16.2 Å². The summed E-state index contributed by atoms with van der Waals surface area (Å²) in [5.41, 5.74) is 15.0. The number of furan rings is 1. The van der Waals surface area contributed by atoms with E-state index < -0.39 is 0 Å². The second kappa shape index (κ2) is 6.16. The molecule has 0 saturated carbocycles. The highest BCUT2D eigenvalue weighted by molar-refractivity contribution is 6.04. The summed E-state index contributed by atoms with van der Waals surface area (Å²) in [7, 11) is 1.66. The maximum atomic E-state index is 5.70. The summed E-state index contributed by atoms with van der Waals surface area (Å²) < 4.78 is 10.9. The zero-order valence-electron chi connectivity index (χ0n) is 13.2. The number of nitrogens with zero attached hydrogens (tertiary/aromatic N) is 2. The Hall–Kier alpha value is -2.76. The number of ether oxygens (including phenoxy) is 1. The van der Waals surface area contributed by atoms with Gasteiger partial charge in [-0.3, -0.25) is 0 Å². The molecule has 0 amide bonds. The highest BCUT2D eigenvalue weighted by Crippen LogP contribution is 2.36. The third kappa shape index (κ3) is 3.06.